The summed E-state index contributed by atoms with van der Waals surface area (Å²) in [7, 11) is 0. The van der Waals surface area contributed by atoms with Crippen LogP contribution in [-0.2, 0) is 4.79 Å². The van der Waals surface area contributed by atoms with E-state index in [-0.39, 0.29) is 18.1 Å². The minimum absolute atomic E-state index is 0.0137. The predicted molar refractivity (Wildman–Crippen MR) is 79.7 cm³/mol. The summed E-state index contributed by atoms with van der Waals surface area (Å²) in [5, 5.41) is 6.01. The van der Waals surface area contributed by atoms with Gasteiger partial charge in [-0.1, -0.05) is 17.7 Å². The molecule has 2 aromatic carbocycles. The van der Waals surface area contributed by atoms with E-state index in [1.807, 2.05) is 6.92 Å². The van der Waals surface area contributed by atoms with Crippen LogP contribution < -0.4 is 10.6 Å². The molecule has 0 aromatic heterocycles. The summed E-state index contributed by atoms with van der Waals surface area (Å²) in [4.78, 5) is 11.8. The largest absolute Gasteiger partial charge is 0.376 e. The third-order valence-electron chi connectivity index (χ3n) is 2.91. The summed E-state index contributed by atoms with van der Waals surface area (Å²) < 4.78 is 25.8. The molecule has 0 aliphatic rings. The molecule has 0 fully saturated rings. The van der Waals surface area contributed by atoms with Gasteiger partial charge in [-0.3, -0.25) is 4.79 Å². The monoisotopic (exact) mass is 310 g/mol. The number of hydrogen-bond acceptors (Lipinski definition) is 2. The summed E-state index contributed by atoms with van der Waals surface area (Å²) in [6.07, 6.45) is 0. The SMILES string of the molecule is Cc1c(Cl)cccc1NCC(=O)Nc1ccc(F)c(F)c1. The third kappa shape index (κ3) is 3.92. The Hall–Kier alpha value is -2.14. The van der Waals surface area contributed by atoms with Crippen LogP contribution in [0, 0.1) is 18.6 Å². The van der Waals surface area contributed by atoms with Gasteiger partial charge in [0, 0.05) is 22.5 Å². The van der Waals surface area contributed by atoms with Crippen molar-refractivity contribution in [3.05, 3.63) is 58.6 Å². The number of carbonyl (C=O) groups excluding carboxylic acids is 1. The quantitative estimate of drug-likeness (QED) is 0.897. The number of amides is 1. The maximum absolute atomic E-state index is 13.0. The minimum atomic E-state index is -1.01. The molecular weight excluding hydrogens is 298 g/mol. The Labute approximate surface area is 125 Å². The molecule has 0 heterocycles. The van der Waals surface area contributed by atoms with Gasteiger partial charge in [-0.25, -0.2) is 8.78 Å². The Morgan fingerprint density at radius 1 is 1.19 bits per heavy atom. The Bertz CT molecular complexity index is 677. The highest BCUT2D eigenvalue weighted by atomic mass is 35.5. The molecule has 0 aliphatic carbocycles. The van der Waals surface area contributed by atoms with Crippen molar-refractivity contribution in [1.29, 1.82) is 0 Å². The van der Waals surface area contributed by atoms with Crippen molar-refractivity contribution in [1.82, 2.24) is 0 Å². The topological polar surface area (TPSA) is 41.1 Å². The Morgan fingerprint density at radius 2 is 1.95 bits per heavy atom. The van der Waals surface area contributed by atoms with Gasteiger partial charge in [-0.15, -0.1) is 0 Å². The fourth-order valence-electron chi connectivity index (χ4n) is 1.75. The molecule has 0 atom stereocenters. The number of halogens is 3. The van der Waals surface area contributed by atoms with Crippen LogP contribution in [0.25, 0.3) is 0 Å². The average Bonchev–Trinajstić information content (AvgIpc) is 2.44. The molecule has 1 amide bonds. The van der Waals surface area contributed by atoms with Gasteiger partial charge in [0.1, 0.15) is 0 Å². The van der Waals surface area contributed by atoms with Gasteiger partial charge < -0.3 is 10.6 Å². The maximum atomic E-state index is 13.0. The van der Waals surface area contributed by atoms with E-state index in [4.69, 9.17) is 11.6 Å². The lowest BCUT2D eigenvalue weighted by Crippen LogP contribution is -2.22. The molecular formula is C15H13ClF2N2O. The highest BCUT2D eigenvalue weighted by Crippen LogP contribution is 2.22. The standard InChI is InChI=1S/C15H13ClF2N2O/c1-9-11(16)3-2-4-14(9)19-8-15(21)20-10-5-6-12(17)13(18)7-10/h2-7,19H,8H2,1H3,(H,20,21). The molecule has 0 radical (unpaired) electrons. The van der Waals surface area contributed by atoms with Crippen molar-refractivity contribution in [2.75, 3.05) is 17.2 Å². The van der Waals surface area contributed by atoms with Crippen LogP contribution >= 0.6 is 11.6 Å². The summed E-state index contributed by atoms with van der Waals surface area (Å²) in [5.74, 6) is -2.34. The highest BCUT2D eigenvalue weighted by Gasteiger charge is 2.07. The molecule has 2 N–H and O–H groups in total. The van der Waals surface area contributed by atoms with Gasteiger partial charge >= 0.3 is 0 Å². The van der Waals surface area contributed by atoms with Gasteiger partial charge in [-0.2, -0.15) is 0 Å². The number of nitrogens with one attached hydrogen (secondary N) is 2. The first-order valence-electron chi connectivity index (χ1n) is 6.21. The second kappa shape index (κ2) is 6.54. The highest BCUT2D eigenvalue weighted by molar-refractivity contribution is 6.31. The van der Waals surface area contributed by atoms with E-state index in [1.165, 1.54) is 6.07 Å². The van der Waals surface area contributed by atoms with Crippen LogP contribution in [0.2, 0.25) is 5.02 Å². The zero-order valence-corrected chi connectivity index (χ0v) is 12.0. The normalized spacial score (nSPS) is 10.3. The number of anilines is 2. The molecule has 0 aliphatic heterocycles. The van der Waals surface area contributed by atoms with Crippen molar-refractivity contribution in [2.24, 2.45) is 0 Å². The predicted octanol–water partition coefficient (Wildman–Crippen LogP) is 3.98. The van der Waals surface area contributed by atoms with Gasteiger partial charge in [-0.05, 0) is 36.8 Å². The molecule has 6 heteroatoms. The van der Waals surface area contributed by atoms with E-state index in [0.717, 1.165) is 23.4 Å². The van der Waals surface area contributed by atoms with Crippen LogP contribution in [0.3, 0.4) is 0 Å². The fourth-order valence-corrected chi connectivity index (χ4v) is 1.93. The first kappa shape index (κ1) is 15.3. The molecule has 110 valence electrons. The lowest BCUT2D eigenvalue weighted by molar-refractivity contribution is -0.114. The lowest BCUT2D eigenvalue weighted by Gasteiger charge is -2.11. The van der Waals surface area contributed by atoms with Crippen molar-refractivity contribution in [3.8, 4) is 0 Å². The molecule has 0 saturated heterocycles. The van der Waals surface area contributed by atoms with E-state index < -0.39 is 11.6 Å². The summed E-state index contributed by atoms with van der Waals surface area (Å²) >= 11 is 5.97. The lowest BCUT2D eigenvalue weighted by atomic mass is 10.2. The molecule has 0 bridgehead atoms. The van der Waals surface area contributed by atoms with Crippen LogP contribution in [0.4, 0.5) is 20.2 Å². The zero-order chi connectivity index (χ0) is 15.4. The minimum Gasteiger partial charge on any atom is -0.376 e. The fraction of sp³-hybridized carbons (Fsp3) is 0.133. The maximum Gasteiger partial charge on any atom is 0.243 e. The van der Waals surface area contributed by atoms with Crippen LogP contribution in [0.1, 0.15) is 5.56 Å². The number of rotatable bonds is 4. The molecule has 3 nitrogen and oxygen atoms in total. The summed E-state index contributed by atoms with van der Waals surface area (Å²) in [5.41, 5.74) is 1.77. The zero-order valence-electron chi connectivity index (χ0n) is 11.2. The summed E-state index contributed by atoms with van der Waals surface area (Å²) in [6.45, 7) is 1.82. The molecule has 0 unspecified atom stereocenters. The Balaban J connectivity index is 1.96. The number of carbonyl (C=O) groups is 1. The average molecular weight is 311 g/mol. The van der Waals surface area contributed by atoms with Crippen LogP contribution in [-0.4, -0.2) is 12.5 Å². The molecule has 0 spiro atoms. The number of benzene rings is 2. The second-order valence-corrected chi connectivity index (χ2v) is 4.85. The first-order valence-corrected chi connectivity index (χ1v) is 6.59. The van der Waals surface area contributed by atoms with Gasteiger partial charge in [0.2, 0.25) is 5.91 Å². The van der Waals surface area contributed by atoms with E-state index in [1.54, 1.807) is 18.2 Å². The van der Waals surface area contributed by atoms with E-state index in [2.05, 4.69) is 10.6 Å². The van der Waals surface area contributed by atoms with Gasteiger partial charge in [0.05, 0.1) is 6.54 Å². The Morgan fingerprint density at radius 3 is 2.67 bits per heavy atom. The van der Waals surface area contributed by atoms with Gasteiger partial charge in [0.15, 0.2) is 11.6 Å². The van der Waals surface area contributed by atoms with Crippen LogP contribution in [0.15, 0.2) is 36.4 Å². The van der Waals surface area contributed by atoms with E-state index in [0.29, 0.717) is 5.02 Å². The molecule has 2 aromatic rings. The second-order valence-electron chi connectivity index (χ2n) is 4.44. The third-order valence-corrected chi connectivity index (χ3v) is 3.32. The molecule has 2 rings (SSSR count). The first-order chi connectivity index (χ1) is 9.97. The van der Waals surface area contributed by atoms with E-state index >= 15 is 0 Å². The molecule has 21 heavy (non-hydrogen) atoms. The van der Waals surface area contributed by atoms with Crippen molar-refractivity contribution >= 4 is 28.9 Å². The van der Waals surface area contributed by atoms with Crippen LogP contribution in [0.5, 0.6) is 0 Å². The number of hydrogen-bond donors (Lipinski definition) is 2. The van der Waals surface area contributed by atoms with Crippen molar-refractivity contribution in [2.45, 2.75) is 6.92 Å². The van der Waals surface area contributed by atoms with Crippen molar-refractivity contribution in [3.63, 3.8) is 0 Å². The van der Waals surface area contributed by atoms with Gasteiger partial charge in [0.25, 0.3) is 0 Å². The summed E-state index contributed by atoms with van der Waals surface area (Å²) in [6, 6.07) is 8.50. The van der Waals surface area contributed by atoms with E-state index in [9.17, 15) is 13.6 Å². The Kier molecular flexibility index (Phi) is 4.75. The molecule has 0 saturated carbocycles. The van der Waals surface area contributed by atoms with Crippen molar-refractivity contribution < 1.29 is 13.6 Å². The smallest absolute Gasteiger partial charge is 0.243 e.